The molecule has 6 nitrogen and oxygen atoms in total. The molecule has 48 heavy (non-hydrogen) atoms. The van der Waals surface area contributed by atoms with Crippen molar-refractivity contribution in [2.24, 2.45) is 23.7 Å². The van der Waals surface area contributed by atoms with Crippen molar-refractivity contribution in [2.45, 2.75) is 128 Å². The van der Waals surface area contributed by atoms with Gasteiger partial charge in [0.15, 0.2) is 0 Å². The molecule has 2 N–H and O–H groups in total. The largest absolute Gasteiger partial charge is 0.490 e. The standard InChI is InChI=1S/C32H60N2.2C2HF3O2/c1-5-7-8-9-10-14-17-20-23-30-27-33(3)24-21-18-15-12-11-13-16-19-22-29-25-31(32(30)6-2)28-34(4)26-29;2*3-2(4,5)1(6)7/h5-6,29-32H,1-2,7-28H2,3-4H3;2*(H,6,7)/t29-,30-,31+,32-;;/m0../s1. The zero-order chi connectivity index (χ0) is 36.6. The van der Waals surface area contributed by atoms with Gasteiger partial charge in [-0.15, -0.1) is 13.2 Å². The molecule has 0 aromatic heterocycles. The van der Waals surface area contributed by atoms with Crippen molar-refractivity contribution in [3.05, 3.63) is 25.3 Å². The van der Waals surface area contributed by atoms with E-state index in [9.17, 15) is 26.3 Å². The SMILES string of the molecule is C=CCCCCCCCC[C@H]1CN(C)CCCCCCCCCC[C@H]2C[C@H](CN(C)C2)[C@H]1C=C.O=C(O)C(F)(F)F.O=C(O)C(F)(F)F. The Balaban J connectivity index is 0.00000131. The molecule has 0 aromatic rings. The Kier molecular flexibility index (Phi) is 24.7. The van der Waals surface area contributed by atoms with Crippen LogP contribution in [0, 0.1) is 23.7 Å². The van der Waals surface area contributed by atoms with E-state index in [1.165, 1.54) is 142 Å². The highest BCUT2D eigenvalue weighted by atomic mass is 19.4. The summed E-state index contributed by atoms with van der Waals surface area (Å²) in [4.78, 5) is 23.1. The van der Waals surface area contributed by atoms with E-state index >= 15 is 0 Å². The quantitative estimate of drug-likeness (QED) is 0.134. The zero-order valence-corrected chi connectivity index (χ0v) is 29.3. The van der Waals surface area contributed by atoms with Crippen molar-refractivity contribution in [1.82, 2.24) is 9.80 Å². The smallest absolute Gasteiger partial charge is 0.475 e. The van der Waals surface area contributed by atoms with Crippen molar-refractivity contribution >= 4 is 11.9 Å². The number of likely N-dealkylation sites (tertiary alicyclic amines) is 1. The number of carboxylic acid groups (broad SMARTS) is 2. The van der Waals surface area contributed by atoms with Crippen molar-refractivity contribution < 1.29 is 46.1 Å². The molecule has 0 aromatic carbocycles. The lowest BCUT2D eigenvalue weighted by Crippen LogP contribution is -2.43. The topological polar surface area (TPSA) is 81.1 Å². The maximum Gasteiger partial charge on any atom is 0.490 e. The van der Waals surface area contributed by atoms with Gasteiger partial charge in [-0.2, -0.15) is 26.3 Å². The number of allylic oxidation sites excluding steroid dienone is 2. The number of fused-ring (bicyclic) bond motifs is 2. The van der Waals surface area contributed by atoms with E-state index < -0.39 is 24.3 Å². The van der Waals surface area contributed by atoms with Crippen LogP contribution in [0.15, 0.2) is 25.3 Å². The first-order valence-corrected chi connectivity index (χ1v) is 17.7. The summed E-state index contributed by atoms with van der Waals surface area (Å²) >= 11 is 0. The fourth-order valence-corrected chi connectivity index (χ4v) is 6.93. The lowest BCUT2D eigenvalue weighted by Gasteiger charge is -2.42. The molecule has 2 heterocycles. The van der Waals surface area contributed by atoms with E-state index in [0.29, 0.717) is 5.92 Å². The summed E-state index contributed by atoms with van der Waals surface area (Å²) in [5, 5.41) is 14.2. The molecule has 0 radical (unpaired) electrons. The number of aliphatic carboxylic acids is 2. The molecule has 2 bridgehead atoms. The number of nitrogens with zero attached hydrogens (tertiary/aromatic N) is 2. The van der Waals surface area contributed by atoms with Crippen molar-refractivity contribution in [2.75, 3.05) is 40.3 Å². The van der Waals surface area contributed by atoms with Crippen LogP contribution in [0.3, 0.4) is 0 Å². The maximum absolute atomic E-state index is 10.6. The van der Waals surface area contributed by atoms with Gasteiger partial charge in [-0.25, -0.2) is 9.59 Å². The summed E-state index contributed by atoms with van der Waals surface area (Å²) in [7, 11) is 4.76. The molecular formula is C36H62F6N2O4. The van der Waals surface area contributed by atoms with Crippen LogP contribution in [0.25, 0.3) is 0 Å². The number of halogens is 6. The lowest BCUT2D eigenvalue weighted by atomic mass is 9.72. The summed E-state index contributed by atoms with van der Waals surface area (Å²) in [6, 6.07) is 0. The van der Waals surface area contributed by atoms with Gasteiger partial charge in [-0.1, -0.05) is 89.2 Å². The predicted molar refractivity (Wildman–Crippen MR) is 180 cm³/mol. The Morgan fingerprint density at radius 2 is 1.19 bits per heavy atom. The number of rotatable bonds is 10. The van der Waals surface area contributed by atoms with Gasteiger partial charge < -0.3 is 20.0 Å². The number of carboxylic acids is 2. The number of alkyl halides is 6. The van der Waals surface area contributed by atoms with Crippen LogP contribution >= 0.6 is 0 Å². The number of unbranched alkanes of at least 4 members (excludes halogenated alkanes) is 6. The van der Waals surface area contributed by atoms with Gasteiger partial charge in [0.25, 0.3) is 0 Å². The van der Waals surface area contributed by atoms with Crippen LogP contribution in [0.4, 0.5) is 26.3 Å². The summed E-state index contributed by atoms with van der Waals surface area (Å²) in [5.41, 5.74) is 0. The molecular weight excluding hydrogens is 638 g/mol. The molecule has 4 atom stereocenters. The van der Waals surface area contributed by atoms with E-state index in [1.54, 1.807) is 0 Å². The molecule has 2 saturated heterocycles. The molecule has 282 valence electrons. The minimum absolute atomic E-state index is 0.677. The summed E-state index contributed by atoms with van der Waals surface area (Å²) in [6.45, 7) is 13.4. The minimum Gasteiger partial charge on any atom is -0.475 e. The third-order valence-corrected chi connectivity index (χ3v) is 9.28. The van der Waals surface area contributed by atoms with Gasteiger partial charge in [0, 0.05) is 19.6 Å². The number of piperidine rings is 1. The van der Waals surface area contributed by atoms with E-state index in [1.807, 2.05) is 0 Å². The van der Waals surface area contributed by atoms with E-state index in [-0.39, 0.29) is 0 Å². The first-order chi connectivity index (χ1) is 22.5. The Labute approximate surface area is 285 Å². The second kappa shape index (κ2) is 25.8. The van der Waals surface area contributed by atoms with Gasteiger partial charge in [0.1, 0.15) is 0 Å². The molecule has 2 aliphatic rings. The van der Waals surface area contributed by atoms with Crippen LogP contribution in [0.5, 0.6) is 0 Å². The highest BCUT2D eigenvalue weighted by Crippen LogP contribution is 2.36. The highest BCUT2D eigenvalue weighted by Gasteiger charge is 2.39. The molecule has 2 aliphatic heterocycles. The average Bonchev–Trinajstić information content (AvgIpc) is 2.98. The van der Waals surface area contributed by atoms with Crippen molar-refractivity contribution in [1.29, 1.82) is 0 Å². The molecule has 2 fully saturated rings. The minimum atomic E-state index is -5.08. The van der Waals surface area contributed by atoms with E-state index in [2.05, 4.69) is 49.2 Å². The van der Waals surface area contributed by atoms with Crippen LogP contribution in [0.1, 0.15) is 116 Å². The first-order valence-electron chi connectivity index (χ1n) is 17.7. The molecule has 0 amide bonds. The van der Waals surface area contributed by atoms with Crippen LogP contribution in [-0.2, 0) is 9.59 Å². The van der Waals surface area contributed by atoms with Gasteiger partial charge in [0.2, 0.25) is 0 Å². The maximum atomic E-state index is 10.6. The Hall–Kier alpha value is -2.08. The number of hydrogen-bond acceptors (Lipinski definition) is 4. The number of carbonyl (C=O) groups is 2. The average molecular weight is 701 g/mol. The molecule has 0 aliphatic carbocycles. The van der Waals surface area contributed by atoms with Crippen LogP contribution in [-0.4, -0.2) is 84.6 Å². The summed E-state index contributed by atoms with van der Waals surface area (Å²) < 4.78 is 63.5. The predicted octanol–water partition coefficient (Wildman–Crippen LogP) is 10.0. The molecule has 0 saturated carbocycles. The molecule has 0 spiro atoms. The third-order valence-electron chi connectivity index (χ3n) is 9.28. The van der Waals surface area contributed by atoms with Crippen LogP contribution in [0.2, 0.25) is 0 Å². The lowest BCUT2D eigenvalue weighted by molar-refractivity contribution is -0.193. The Morgan fingerprint density at radius 3 is 1.69 bits per heavy atom. The number of hydrogen-bond donors (Lipinski definition) is 2. The van der Waals surface area contributed by atoms with E-state index in [4.69, 9.17) is 19.8 Å². The fraction of sp³-hybridized carbons (Fsp3) is 0.833. The van der Waals surface area contributed by atoms with E-state index in [0.717, 1.165) is 17.8 Å². The fourth-order valence-electron chi connectivity index (χ4n) is 6.93. The first kappa shape index (κ1) is 45.9. The summed E-state index contributed by atoms with van der Waals surface area (Å²) in [6.07, 6.45) is 19.6. The van der Waals surface area contributed by atoms with Gasteiger partial charge in [0.05, 0.1) is 0 Å². The van der Waals surface area contributed by atoms with Crippen molar-refractivity contribution in [3.63, 3.8) is 0 Å². The van der Waals surface area contributed by atoms with Gasteiger partial charge in [-0.05, 0) is 82.8 Å². The molecule has 12 heteroatoms. The Morgan fingerprint density at radius 1 is 0.708 bits per heavy atom. The van der Waals surface area contributed by atoms with Gasteiger partial charge >= 0.3 is 24.3 Å². The van der Waals surface area contributed by atoms with Crippen LogP contribution < -0.4 is 0 Å². The second-order valence-corrected chi connectivity index (χ2v) is 13.6. The summed E-state index contributed by atoms with van der Waals surface area (Å²) in [5.74, 6) is -2.36. The molecule has 0 unspecified atom stereocenters. The second-order valence-electron chi connectivity index (χ2n) is 13.6. The van der Waals surface area contributed by atoms with Gasteiger partial charge in [-0.3, -0.25) is 0 Å². The van der Waals surface area contributed by atoms with Crippen molar-refractivity contribution in [3.8, 4) is 0 Å². The Bertz CT molecular complexity index is 860. The highest BCUT2D eigenvalue weighted by molar-refractivity contribution is 5.73. The monoisotopic (exact) mass is 700 g/mol. The third kappa shape index (κ3) is 23.3. The normalized spacial score (nSPS) is 24.1. The zero-order valence-electron chi connectivity index (χ0n) is 29.3. The molecule has 2 rings (SSSR count).